The molecular formula is C16H24O2. The fourth-order valence-electron chi connectivity index (χ4n) is 2.14. The van der Waals surface area contributed by atoms with Crippen molar-refractivity contribution in [3.05, 3.63) is 29.3 Å². The van der Waals surface area contributed by atoms with Gasteiger partial charge >= 0.3 is 0 Å². The molecule has 1 aromatic rings. The predicted molar refractivity (Wildman–Crippen MR) is 75.2 cm³/mol. The summed E-state index contributed by atoms with van der Waals surface area (Å²) in [6.45, 7) is 3.70. The Morgan fingerprint density at radius 2 is 1.78 bits per heavy atom. The summed E-state index contributed by atoms with van der Waals surface area (Å²) in [4.78, 5) is 11.2. The number of carbonyl (C=O) groups is 1. The van der Waals surface area contributed by atoms with E-state index in [2.05, 4.69) is 6.92 Å². The molecule has 0 amide bonds. The molecule has 0 radical (unpaired) electrons. The highest BCUT2D eigenvalue weighted by Crippen LogP contribution is 2.20. The van der Waals surface area contributed by atoms with Gasteiger partial charge in [0, 0.05) is 0 Å². The van der Waals surface area contributed by atoms with Crippen LogP contribution in [0.5, 0.6) is 5.75 Å². The molecule has 2 heteroatoms. The fourth-order valence-corrected chi connectivity index (χ4v) is 2.14. The first-order valence-corrected chi connectivity index (χ1v) is 6.98. The molecule has 0 saturated carbocycles. The molecule has 0 aliphatic carbocycles. The minimum atomic E-state index is -0.0846. The number of carbonyl (C=O) groups excluding carboxylic acids is 1. The maximum Gasteiger partial charge on any atom is 0.163 e. The van der Waals surface area contributed by atoms with E-state index in [1.54, 1.807) is 12.1 Å². The maximum atomic E-state index is 11.2. The van der Waals surface area contributed by atoms with E-state index in [-0.39, 0.29) is 11.5 Å². The number of phenolic OH excluding ortho intramolecular Hbond substituents is 1. The predicted octanol–water partition coefficient (Wildman–Crippen LogP) is 4.50. The smallest absolute Gasteiger partial charge is 0.163 e. The number of hydrogen-bond acceptors (Lipinski definition) is 2. The van der Waals surface area contributed by atoms with Gasteiger partial charge in [-0.05, 0) is 37.5 Å². The second kappa shape index (κ2) is 7.91. The van der Waals surface area contributed by atoms with Gasteiger partial charge in [0.1, 0.15) is 5.75 Å². The van der Waals surface area contributed by atoms with Gasteiger partial charge in [0.2, 0.25) is 0 Å². The summed E-state index contributed by atoms with van der Waals surface area (Å²) in [5.74, 6) is 0.0320. The zero-order valence-electron chi connectivity index (χ0n) is 11.5. The second-order valence-corrected chi connectivity index (χ2v) is 4.93. The van der Waals surface area contributed by atoms with Gasteiger partial charge in [-0.1, -0.05) is 45.1 Å². The lowest BCUT2D eigenvalue weighted by atomic mass is 10.0. The number of benzene rings is 1. The van der Waals surface area contributed by atoms with Crippen LogP contribution in [-0.2, 0) is 6.42 Å². The Kier molecular flexibility index (Phi) is 6.48. The molecule has 1 N–H and O–H groups in total. The lowest BCUT2D eigenvalue weighted by Crippen LogP contribution is -1.94. The van der Waals surface area contributed by atoms with Crippen molar-refractivity contribution in [2.24, 2.45) is 0 Å². The SMILES string of the molecule is CCCCCCCCc1ccc(C(C)=O)c(O)c1. The Hall–Kier alpha value is -1.31. The molecule has 18 heavy (non-hydrogen) atoms. The first kappa shape index (κ1) is 14.7. The Balaban J connectivity index is 2.35. The summed E-state index contributed by atoms with van der Waals surface area (Å²) in [5.41, 5.74) is 1.54. The van der Waals surface area contributed by atoms with E-state index >= 15 is 0 Å². The van der Waals surface area contributed by atoms with E-state index in [0.29, 0.717) is 5.56 Å². The van der Waals surface area contributed by atoms with E-state index < -0.39 is 0 Å². The molecule has 0 fully saturated rings. The Labute approximate surface area is 110 Å². The molecule has 1 rings (SSSR count). The van der Waals surface area contributed by atoms with Gasteiger partial charge in [-0.15, -0.1) is 0 Å². The fraction of sp³-hybridized carbons (Fsp3) is 0.562. The minimum Gasteiger partial charge on any atom is -0.507 e. The standard InChI is InChI=1S/C16H24O2/c1-3-4-5-6-7-8-9-14-10-11-15(13(2)17)16(18)12-14/h10-12,18H,3-9H2,1-2H3. The minimum absolute atomic E-state index is 0.0846. The molecule has 0 aromatic heterocycles. The van der Waals surface area contributed by atoms with Crippen LogP contribution >= 0.6 is 0 Å². The third-order valence-electron chi connectivity index (χ3n) is 3.26. The van der Waals surface area contributed by atoms with E-state index in [1.165, 1.54) is 39.0 Å². The molecule has 0 unspecified atom stereocenters. The van der Waals surface area contributed by atoms with Gasteiger partial charge in [-0.3, -0.25) is 4.79 Å². The van der Waals surface area contributed by atoms with Gasteiger partial charge in [-0.2, -0.15) is 0 Å². The zero-order valence-corrected chi connectivity index (χ0v) is 11.5. The van der Waals surface area contributed by atoms with Gasteiger partial charge in [0.15, 0.2) is 5.78 Å². The summed E-state index contributed by atoms with van der Waals surface area (Å²) in [6.07, 6.45) is 8.61. The monoisotopic (exact) mass is 248 g/mol. The highest BCUT2D eigenvalue weighted by atomic mass is 16.3. The van der Waals surface area contributed by atoms with Crippen molar-refractivity contribution in [2.45, 2.75) is 58.8 Å². The third-order valence-corrected chi connectivity index (χ3v) is 3.26. The van der Waals surface area contributed by atoms with Crippen molar-refractivity contribution in [1.82, 2.24) is 0 Å². The summed E-state index contributed by atoms with van der Waals surface area (Å²) in [7, 11) is 0. The molecule has 0 spiro atoms. The van der Waals surface area contributed by atoms with Crippen molar-refractivity contribution in [3.8, 4) is 5.75 Å². The molecule has 1 aromatic carbocycles. The first-order valence-electron chi connectivity index (χ1n) is 6.98. The summed E-state index contributed by atoms with van der Waals surface area (Å²) >= 11 is 0. The van der Waals surface area contributed by atoms with Crippen molar-refractivity contribution in [3.63, 3.8) is 0 Å². The van der Waals surface area contributed by atoms with Crippen molar-refractivity contribution < 1.29 is 9.90 Å². The van der Waals surface area contributed by atoms with Crippen LogP contribution in [0.3, 0.4) is 0 Å². The maximum absolute atomic E-state index is 11.2. The van der Waals surface area contributed by atoms with E-state index in [4.69, 9.17) is 0 Å². The van der Waals surface area contributed by atoms with Crippen LogP contribution in [0.15, 0.2) is 18.2 Å². The highest BCUT2D eigenvalue weighted by Gasteiger charge is 2.06. The number of unbranched alkanes of at least 4 members (excludes halogenated alkanes) is 5. The van der Waals surface area contributed by atoms with Crippen LogP contribution in [0.25, 0.3) is 0 Å². The van der Waals surface area contributed by atoms with Crippen LogP contribution < -0.4 is 0 Å². The van der Waals surface area contributed by atoms with Crippen LogP contribution in [0.2, 0.25) is 0 Å². The largest absolute Gasteiger partial charge is 0.507 e. The number of phenols is 1. The van der Waals surface area contributed by atoms with Crippen molar-refractivity contribution in [2.75, 3.05) is 0 Å². The summed E-state index contributed by atoms with van der Waals surface area (Å²) in [5, 5.41) is 9.71. The van der Waals surface area contributed by atoms with Gasteiger partial charge in [0.05, 0.1) is 5.56 Å². The Bertz CT molecular complexity index is 383. The van der Waals surface area contributed by atoms with E-state index in [9.17, 15) is 9.90 Å². The molecule has 0 saturated heterocycles. The average molecular weight is 248 g/mol. The Morgan fingerprint density at radius 3 is 2.39 bits per heavy atom. The van der Waals surface area contributed by atoms with E-state index in [1.807, 2.05) is 6.07 Å². The zero-order chi connectivity index (χ0) is 13.4. The molecule has 2 nitrogen and oxygen atoms in total. The van der Waals surface area contributed by atoms with Gasteiger partial charge in [0.25, 0.3) is 0 Å². The van der Waals surface area contributed by atoms with Crippen LogP contribution in [0.1, 0.15) is 68.3 Å². The molecule has 0 atom stereocenters. The van der Waals surface area contributed by atoms with Crippen LogP contribution in [-0.4, -0.2) is 10.9 Å². The molecule has 0 bridgehead atoms. The third kappa shape index (κ3) is 4.91. The van der Waals surface area contributed by atoms with Crippen LogP contribution in [0, 0.1) is 0 Å². The van der Waals surface area contributed by atoms with Gasteiger partial charge < -0.3 is 5.11 Å². The second-order valence-electron chi connectivity index (χ2n) is 4.93. The molecule has 0 aliphatic heterocycles. The number of aryl methyl sites for hydroxylation is 1. The number of rotatable bonds is 8. The lowest BCUT2D eigenvalue weighted by molar-refractivity contribution is 0.101. The molecule has 0 heterocycles. The van der Waals surface area contributed by atoms with E-state index in [0.717, 1.165) is 18.4 Å². The summed E-state index contributed by atoms with van der Waals surface area (Å²) in [6, 6.07) is 5.40. The topological polar surface area (TPSA) is 37.3 Å². The quantitative estimate of drug-likeness (QED) is 0.543. The number of hydrogen-bond donors (Lipinski definition) is 1. The molecule has 100 valence electrons. The molecular weight excluding hydrogens is 224 g/mol. The van der Waals surface area contributed by atoms with Crippen molar-refractivity contribution in [1.29, 1.82) is 0 Å². The summed E-state index contributed by atoms with van der Waals surface area (Å²) < 4.78 is 0. The number of aromatic hydroxyl groups is 1. The normalized spacial score (nSPS) is 10.6. The van der Waals surface area contributed by atoms with Gasteiger partial charge in [-0.25, -0.2) is 0 Å². The lowest BCUT2D eigenvalue weighted by Gasteiger charge is -2.05. The first-order chi connectivity index (χ1) is 8.65. The van der Waals surface area contributed by atoms with Crippen molar-refractivity contribution >= 4 is 5.78 Å². The average Bonchev–Trinajstić information content (AvgIpc) is 2.33. The number of Topliss-reactive ketones (excluding diaryl/α,β-unsaturated/α-hetero) is 1. The number of ketones is 1. The molecule has 0 aliphatic rings. The Morgan fingerprint density at radius 1 is 1.11 bits per heavy atom. The van der Waals surface area contributed by atoms with Crippen LogP contribution in [0.4, 0.5) is 0 Å². The highest BCUT2D eigenvalue weighted by molar-refractivity contribution is 5.96.